The number of hydrogen-bond donors (Lipinski definition) is 1. The molecular weight excluding hydrogens is 328 g/mol. The van der Waals surface area contributed by atoms with Gasteiger partial charge in [-0.05, 0) is 44.0 Å². The summed E-state index contributed by atoms with van der Waals surface area (Å²) in [4.78, 5) is 26.3. The highest BCUT2D eigenvalue weighted by molar-refractivity contribution is 6.01. The van der Waals surface area contributed by atoms with Gasteiger partial charge in [-0.15, -0.1) is 0 Å². The summed E-state index contributed by atoms with van der Waals surface area (Å²) in [6.45, 7) is 6.21. The van der Waals surface area contributed by atoms with Gasteiger partial charge in [0.05, 0.1) is 12.2 Å². The van der Waals surface area contributed by atoms with Crippen LogP contribution in [0.4, 0.5) is 11.4 Å². The Morgan fingerprint density at radius 1 is 1.19 bits per heavy atom. The molecule has 2 aromatic rings. The number of benzene rings is 2. The lowest BCUT2D eigenvalue weighted by Crippen LogP contribution is -2.44. The van der Waals surface area contributed by atoms with Crippen LogP contribution in [-0.4, -0.2) is 17.9 Å². The molecule has 0 saturated heterocycles. The molecule has 3 rings (SSSR count). The second kappa shape index (κ2) is 7.60. The zero-order valence-electron chi connectivity index (χ0n) is 15.4. The van der Waals surface area contributed by atoms with Crippen molar-refractivity contribution in [3.05, 3.63) is 53.6 Å². The average Bonchev–Trinajstić information content (AvgIpc) is 2.61. The first kappa shape index (κ1) is 18.0. The van der Waals surface area contributed by atoms with Crippen molar-refractivity contribution in [1.82, 2.24) is 0 Å². The Morgan fingerprint density at radius 3 is 2.62 bits per heavy atom. The lowest BCUT2D eigenvalue weighted by molar-refractivity contribution is -0.125. The minimum atomic E-state index is -0.534. The van der Waals surface area contributed by atoms with E-state index < -0.39 is 6.10 Å². The van der Waals surface area contributed by atoms with Crippen molar-refractivity contribution in [2.45, 2.75) is 46.3 Å². The first-order valence-corrected chi connectivity index (χ1v) is 8.95. The number of anilines is 2. The molecule has 0 fully saturated rings. The van der Waals surface area contributed by atoms with Gasteiger partial charge in [0.15, 0.2) is 6.10 Å². The molecule has 1 aliphatic heterocycles. The maximum atomic E-state index is 12.7. The van der Waals surface area contributed by atoms with Crippen LogP contribution in [0.2, 0.25) is 0 Å². The van der Waals surface area contributed by atoms with E-state index in [0.717, 1.165) is 12.0 Å². The monoisotopic (exact) mass is 352 g/mol. The molecule has 1 atom stereocenters. The minimum Gasteiger partial charge on any atom is -0.479 e. The summed E-state index contributed by atoms with van der Waals surface area (Å²) in [5.74, 6) is 0.529. The zero-order valence-corrected chi connectivity index (χ0v) is 15.4. The first-order chi connectivity index (χ1) is 12.5. The van der Waals surface area contributed by atoms with Crippen molar-refractivity contribution < 1.29 is 14.3 Å². The summed E-state index contributed by atoms with van der Waals surface area (Å²) < 4.78 is 5.73. The highest BCUT2D eigenvalue weighted by atomic mass is 16.5. The molecule has 1 N–H and O–H groups in total. The standard InChI is InChI=1S/C21H24N2O3/c1-4-5-20(24)22-17-10-11-19-18(12-17)23(21(25)15(3)26-19)13-16-8-6-14(2)7-9-16/h6-12,15H,4-5,13H2,1-3H3,(H,22,24). The van der Waals surface area contributed by atoms with Gasteiger partial charge in [0.2, 0.25) is 5.91 Å². The minimum absolute atomic E-state index is 0.0334. The van der Waals surface area contributed by atoms with Crippen LogP contribution in [0.15, 0.2) is 42.5 Å². The second-order valence-corrected chi connectivity index (χ2v) is 6.65. The largest absolute Gasteiger partial charge is 0.479 e. The van der Waals surface area contributed by atoms with Gasteiger partial charge in [0.25, 0.3) is 5.91 Å². The third-order valence-electron chi connectivity index (χ3n) is 4.39. The fourth-order valence-electron chi connectivity index (χ4n) is 2.97. The maximum Gasteiger partial charge on any atom is 0.268 e. The van der Waals surface area contributed by atoms with Crippen molar-refractivity contribution >= 4 is 23.2 Å². The molecule has 0 spiro atoms. The molecule has 0 aromatic heterocycles. The molecule has 2 aromatic carbocycles. The number of amides is 2. The van der Waals surface area contributed by atoms with Crippen molar-refractivity contribution in [2.24, 2.45) is 0 Å². The topological polar surface area (TPSA) is 58.6 Å². The quantitative estimate of drug-likeness (QED) is 0.883. The molecule has 2 amide bonds. The van der Waals surface area contributed by atoms with Gasteiger partial charge in [-0.3, -0.25) is 9.59 Å². The van der Waals surface area contributed by atoms with Crippen LogP contribution < -0.4 is 15.0 Å². The van der Waals surface area contributed by atoms with Gasteiger partial charge < -0.3 is 15.0 Å². The molecule has 1 aliphatic rings. The van der Waals surface area contributed by atoms with Crippen molar-refractivity contribution in [3.8, 4) is 5.75 Å². The van der Waals surface area contributed by atoms with Gasteiger partial charge in [-0.1, -0.05) is 36.8 Å². The van der Waals surface area contributed by atoms with Crippen LogP contribution in [0.5, 0.6) is 5.75 Å². The predicted molar refractivity (Wildman–Crippen MR) is 102 cm³/mol. The van der Waals surface area contributed by atoms with Gasteiger partial charge in [0.1, 0.15) is 5.75 Å². The van der Waals surface area contributed by atoms with E-state index in [4.69, 9.17) is 4.74 Å². The summed E-state index contributed by atoms with van der Waals surface area (Å²) in [7, 11) is 0. The van der Waals surface area contributed by atoms with Crippen molar-refractivity contribution in [1.29, 1.82) is 0 Å². The number of hydrogen-bond acceptors (Lipinski definition) is 3. The SMILES string of the molecule is CCCC(=O)Nc1ccc2c(c1)N(Cc1ccc(C)cc1)C(=O)C(C)O2. The maximum absolute atomic E-state index is 12.7. The second-order valence-electron chi connectivity index (χ2n) is 6.65. The third-order valence-corrected chi connectivity index (χ3v) is 4.39. The van der Waals surface area contributed by atoms with Crippen LogP contribution in [0.25, 0.3) is 0 Å². The van der Waals surface area contributed by atoms with E-state index in [2.05, 4.69) is 5.32 Å². The number of aryl methyl sites for hydroxylation is 1. The molecule has 5 nitrogen and oxygen atoms in total. The number of nitrogens with one attached hydrogen (secondary N) is 1. The average molecular weight is 352 g/mol. The third kappa shape index (κ3) is 3.87. The Balaban J connectivity index is 1.90. The molecule has 0 saturated carbocycles. The first-order valence-electron chi connectivity index (χ1n) is 8.95. The number of rotatable bonds is 5. The van der Waals surface area contributed by atoms with E-state index in [-0.39, 0.29) is 11.8 Å². The van der Waals surface area contributed by atoms with Gasteiger partial charge in [0, 0.05) is 12.1 Å². The van der Waals surface area contributed by atoms with Crippen molar-refractivity contribution in [2.75, 3.05) is 10.2 Å². The molecule has 136 valence electrons. The molecule has 1 heterocycles. The van der Waals surface area contributed by atoms with Gasteiger partial charge in [-0.25, -0.2) is 0 Å². The van der Waals surface area contributed by atoms with E-state index in [1.54, 1.807) is 24.0 Å². The summed E-state index contributed by atoms with van der Waals surface area (Å²) in [5, 5.41) is 2.88. The van der Waals surface area contributed by atoms with Crippen molar-refractivity contribution in [3.63, 3.8) is 0 Å². The molecule has 0 aliphatic carbocycles. The Hall–Kier alpha value is -2.82. The lowest BCUT2D eigenvalue weighted by atomic mass is 10.1. The fraction of sp³-hybridized carbons (Fsp3) is 0.333. The Kier molecular flexibility index (Phi) is 5.26. The molecule has 0 bridgehead atoms. The van der Waals surface area contributed by atoms with E-state index >= 15 is 0 Å². The van der Waals surface area contributed by atoms with Crippen LogP contribution >= 0.6 is 0 Å². The number of carbonyl (C=O) groups is 2. The summed E-state index contributed by atoms with van der Waals surface area (Å²) >= 11 is 0. The Bertz CT molecular complexity index is 815. The summed E-state index contributed by atoms with van der Waals surface area (Å²) in [6.07, 6.45) is 0.722. The highest BCUT2D eigenvalue weighted by Gasteiger charge is 2.31. The van der Waals surface area contributed by atoms with Crippen LogP contribution in [0.1, 0.15) is 37.8 Å². The molecule has 0 radical (unpaired) electrons. The van der Waals surface area contributed by atoms with Gasteiger partial charge in [-0.2, -0.15) is 0 Å². The van der Waals surface area contributed by atoms with E-state index in [0.29, 0.717) is 30.1 Å². The number of nitrogens with zero attached hydrogens (tertiary/aromatic N) is 1. The smallest absolute Gasteiger partial charge is 0.268 e. The van der Waals surface area contributed by atoms with E-state index in [9.17, 15) is 9.59 Å². The molecule has 1 unspecified atom stereocenters. The van der Waals surface area contributed by atoms with Crippen LogP contribution in [0, 0.1) is 6.92 Å². The molecule has 26 heavy (non-hydrogen) atoms. The van der Waals surface area contributed by atoms with Crippen LogP contribution in [0.3, 0.4) is 0 Å². The predicted octanol–water partition coefficient (Wildman–Crippen LogP) is 4.05. The van der Waals surface area contributed by atoms with Crippen LogP contribution in [-0.2, 0) is 16.1 Å². The fourth-order valence-corrected chi connectivity index (χ4v) is 2.97. The number of fused-ring (bicyclic) bond motifs is 1. The molecular formula is C21H24N2O3. The summed E-state index contributed by atoms with van der Waals surface area (Å²) in [5.41, 5.74) is 3.58. The number of carbonyl (C=O) groups excluding carboxylic acids is 2. The normalized spacial score (nSPS) is 16.0. The Labute approximate surface area is 154 Å². The Morgan fingerprint density at radius 2 is 1.92 bits per heavy atom. The van der Waals surface area contributed by atoms with E-state index in [1.165, 1.54) is 5.56 Å². The lowest BCUT2D eigenvalue weighted by Gasteiger charge is -2.33. The molecule has 5 heteroatoms. The summed E-state index contributed by atoms with van der Waals surface area (Å²) in [6, 6.07) is 13.5. The number of ether oxygens (including phenoxy) is 1. The highest BCUT2D eigenvalue weighted by Crippen LogP contribution is 2.37. The van der Waals surface area contributed by atoms with E-state index in [1.807, 2.05) is 44.2 Å². The van der Waals surface area contributed by atoms with Gasteiger partial charge >= 0.3 is 0 Å². The zero-order chi connectivity index (χ0) is 18.7.